The molecule has 5 heteroatoms. The number of methoxy groups -OCH3 is 1. The summed E-state index contributed by atoms with van der Waals surface area (Å²) < 4.78 is 26.8. The molecular formula is C10H11ClO3S. The van der Waals surface area contributed by atoms with Gasteiger partial charge in [0.05, 0.1) is 12.0 Å². The van der Waals surface area contributed by atoms with E-state index >= 15 is 0 Å². The zero-order valence-corrected chi connectivity index (χ0v) is 9.81. The monoisotopic (exact) mass is 246 g/mol. The minimum Gasteiger partial charge on any atom is -0.497 e. The number of benzene rings is 1. The van der Waals surface area contributed by atoms with Gasteiger partial charge in [-0.15, -0.1) is 0 Å². The molecule has 0 saturated heterocycles. The molecule has 0 fully saturated rings. The van der Waals surface area contributed by atoms with Crippen molar-refractivity contribution in [1.82, 2.24) is 0 Å². The highest BCUT2D eigenvalue weighted by Gasteiger charge is 2.11. The Morgan fingerprint density at radius 3 is 2.33 bits per heavy atom. The highest BCUT2D eigenvalue weighted by atomic mass is 35.7. The van der Waals surface area contributed by atoms with Gasteiger partial charge >= 0.3 is 0 Å². The highest BCUT2D eigenvalue weighted by Crippen LogP contribution is 2.18. The number of halogens is 1. The average molecular weight is 247 g/mol. The minimum atomic E-state index is -3.67. The van der Waals surface area contributed by atoms with E-state index in [0.717, 1.165) is 11.3 Å². The Balaban J connectivity index is 2.78. The lowest BCUT2D eigenvalue weighted by Gasteiger charge is -2.03. The Hall–Kier alpha value is -1.000. The molecule has 0 aliphatic heterocycles. The van der Waals surface area contributed by atoms with Crippen LogP contribution in [0.15, 0.2) is 35.7 Å². The van der Waals surface area contributed by atoms with Crippen LogP contribution in [-0.4, -0.2) is 15.5 Å². The third-order valence-corrected chi connectivity index (χ3v) is 3.39. The molecule has 0 N–H and O–H groups in total. The fourth-order valence-electron chi connectivity index (χ4n) is 1.06. The Kier molecular flexibility index (Phi) is 3.77. The second kappa shape index (κ2) is 4.68. The van der Waals surface area contributed by atoms with Crippen molar-refractivity contribution in [3.63, 3.8) is 0 Å². The lowest BCUT2D eigenvalue weighted by Crippen LogP contribution is -1.97. The van der Waals surface area contributed by atoms with Gasteiger partial charge in [0.15, 0.2) is 0 Å². The van der Waals surface area contributed by atoms with E-state index in [1.807, 2.05) is 0 Å². The van der Waals surface area contributed by atoms with Gasteiger partial charge in [-0.1, -0.05) is 18.7 Å². The van der Waals surface area contributed by atoms with Crippen LogP contribution < -0.4 is 4.74 Å². The number of ether oxygens (including phenoxy) is 1. The van der Waals surface area contributed by atoms with Gasteiger partial charge in [-0.3, -0.25) is 0 Å². The maximum absolute atomic E-state index is 10.9. The van der Waals surface area contributed by atoms with Gasteiger partial charge in [0.2, 0.25) is 0 Å². The Morgan fingerprint density at radius 1 is 1.40 bits per heavy atom. The second-order valence-corrected chi connectivity index (χ2v) is 5.67. The van der Waals surface area contributed by atoms with Crippen LogP contribution >= 0.6 is 10.7 Å². The highest BCUT2D eigenvalue weighted by molar-refractivity contribution is 8.16. The quantitative estimate of drug-likeness (QED) is 0.766. The van der Waals surface area contributed by atoms with Gasteiger partial charge in [0.25, 0.3) is 9.05 Å². The van der Waals surface area contributed by atoms with Crippen molar-refractivity contribution in [3.05, 3.63) is 41.3 Å². The maximum Gasteiger partial charge on any atom is 0.257 e. The fourth-order valence-corrected chi connectivity index (χ4v) is 1.56. The molecule has 1 aromatic rings. The van der Waals surface area contributed by atoms with Crippen molar-refractivity contribution in [3.8, 4) is 5.75 Å². The molecule has 0 heterocycles. The molecule has 0 amide bonds. The standard InChI is InChI=1S/C10H11ClO3S/c1-8(15(11,12)13)7-9-3-5-10(14-2)6-4-9/h3-6H,1,7H2,2H3. The van der Waals surface area contributed by atoms with E-state index < -0.39 is 9.05 Å². The van der Waals surface area contributed by atoms with E-state index in [1.165, 1.54) is 0 Å². The van der Waals surface area contributed by atoms with Gasteiger partial charge < -0.3 is 4.74 Å². The molecular weight excluding hydrogens is 236 g/mol. The van der Waals surface area contributed by atoms with E-state index in [2.05, 4.69) is 6.58 Å². The minimum absolute atomic E-state index is 0.00525. The third kappa shape index (κ3) is 3.57. The molecule has 0 unspecified atom stereocenters. The van der Waals surface area contributed by atoms with E-state index in [0.29, 0.717) is 0 Å². The summed E-state index contributed by atoms with van der Waals surface area (Å²) in [7, 11) is 3.04. The zero-order valence-electron chi connectivity index (χ0n) is 8.23. The smallest absolute Gasteiger partial charge is 0.257 e. The topological polar surface area (TPSA) is 43.4 Å². The molecule has 0 spiro atoms. The van der Waals surface area contributed by atoms with Crippen molar-refractivity contribution < 1.29 is 13.2 Å². The Morgan fingerprint density at radius 2 is 1.93 bits per heavy atom. The first-order chi connectivity index (χ1) is 6.93. The lowest BCUT2D eigenvalue weighted by atomic mass is 10.1. The average Bonchev–Trinajstić information content (AvgIpc) is 2.17. The van der Waals surface area contributed by atoms with E-state index in [4.69, 9.17) is 15.4 Å². The molecule has 0 aromatic heterocycles. The molecule has 0 aliphatic carbocycles. The number of rotatable bonds is 4. The number of hydrogen-bond donors (Lipinski definition) is 0. The summed E-state index contributed by atoms with van der Waals surface area (Å²) in [6.45, 7) is 3.41. The van der Waals surface area contributed by atoms with Crippen molar-refractivity contribution in [1.29, 1.82) is 0 Å². The van der Waals surface area contributed by atoms with Crippen molar-refractivity contribution in [2.45, 2.75) is 6.42 Å². The summed E-state index contributed by atoms with van der Waals surface area (Å²) in [6, 6.07) is 7.05. The van der Waals surface area contributed by atoms with Crippen LogP contribution in [0, 0.1) is 0 Å². The predicted octanol–water partition coefficient (Wildman–Crippen LogP) is 2.32. The predicted molar refractivity (Wildman–Crippen MR) is 60.6 cm³/mol. The summed E-state index contributed by atoms with van der Waals surface area (Å²) in [5, 5.41) is 0. The van der Waals surface area contributed by atoms with Crippen molar-refractivity contribution >= 4 is 19.7 Å². The first-order valence-electron chi connectivity index (χ1n) is 4.19. The molecule has 0 bridgehead atoms. The van der Waals surface area contributed by atoms with Crippen LogP contribution in [0.25, 0.3) is 0 Å². The number of allylic oxidation sites excluding steroid dienone is 1. The zero-order chi connectivity index (χ0) is 11.5. The summed E-state index contributed by atoms with van der Waals surface area (Å²) in [6.07, 6.45) is 0.218. The van der Waals surface area contributed by atoms with Crippen LogP contribution in [0.2, 0.25) is 0 Å². The van der Waals surface area contributed by atoms with E-state index in [1.54, 1.807) is 31.4 Å². The molecule has 82 valence electrons. The second-order valence-electron chi connectivity index (χ2n) is 3.00. The fraction of sp³-hybridized carbons (Fsp3) is 0.200. The van der Waals surface area contributed by atoms with Crippen molar-refractivity contribution in [2.75, 3.05) is 7.11 Å². The van der Waals surface area contributed by atoms with E-state index in [-0.39, 0.29) is 11.3 Å². The van der Waals surface area contributed by atoms with Crippen LogP contribution in [0.3, 0.4) is 0 Å². The Bertz CT molecular complexity index is 448. The first-order valence-corrected chi connectivity index (χ1v) is 6.50. The number of hydrogen-bond acceptors (Lipinski definition) is 3. The normalized spacial score (nSPS) is 11.1. The molecule has 0 saturated carbocycles. The van der Waals surface area contributed by atoms with E-state index in [9.17, 15) is 8.42 Å². The SMILES string of the molecule is C=C(Cc1ccc(OC)cc1)S(=O)(=O)Cl. The van der Waals surface area contributed by atoms with Crippen LogP contribution in [0.5, 0.6) is 5.75 Å². The molecule has 1 rings (SSSR count). The first kappa shape index (κ1) is 12.1. The molecule has 0 atom stereocenters. The summed E-state index contributed by atoms with van der Waals surface area (Å²) in [4.78, 5) is -0.00525. The van der Waals surface area contributed by atoms with Gasteiger partial charge in [-0.25, -0.2) is 8.42 Å². The van der Waals surface area contributed by atoms with Crippen LogP contribution in [0.1, 0.15) is 5.56 Å². The van der Waals surface area contributed by atoms with Crippen LogP contribution in [0.4, 0.5) is 0 Å². The summed E-state index contributed by atoms with van der Waals surface area (Å²) >= 11 is 0. The molecule has 1 aromatic carbocycles. The van der Waals surface area contributed by atoms with Gasteiger partial charge in [0, 0.05) is 17.1 Å². The van der Waals surface area contributed by atoms with Crippen molar-refractivity contribution in [2.24, 2.45) is 0 Å². The summed E-state index contributed by atoms with van der Waals surface area (Å²) in [5.74, 6) is 0.720. The van der Waals surface area contributed by atoms with Gasteiger partial charge in [-0.05, 0) is 17.7 Å². The largest absolute Gasteiger partial charge is 0.497 e. The summed E-state index contributed by atoms with van der Waals surface area (Å²) in [5.41, 5.74) is 0.824. The van der Waals surface area contributed by atoms with Gasteiger partial charge in [0.1, 0.15) is 5.75 Å². The molecule has 0 aliphatic rings. The van der Waals surface area contributed by atoms with Crippen LogP contribution in [-0.2, 0) is 15.5 Å². The molecule has 15 heavy (non-hydrogen) atoms. The van der Waals surface area contributed by atoms with Gasteiger partial charge in [-0.2, -0.15) is 0 Å². The molecule has 0 radical (unpaired) electrons. The Labute approximate surface area is 93.7 Å². The third-order valence-electron chi connectivity index (χ3n) is 1.91. The maximum atomic E-state index is 10.9. The lowest BCUT2D eigenvalue weighted by molar-refractivity contribution is 0.414. The molecule has 3 nitrogen and oxygen atoms in total.